The van der Waals surface area contributed by atoms with E-state index in [2.05, 4.69) is 33.2 Å². The van der Waals surface area contributed by atoms with Crippen LogP contribution in [-0.2, 0) is 19.5 Å². The van der Waals surface area contributed by atoms with E-state index in [4.69, 9.17) is 10.5 Å². The molecule has 0 bridgehead atoms. The van der Waals surface area contributed by atoms with Gasteiger partial charge in [-0.3, -0.25) is 4.68 Å². The van der Waals surface area contributed by atoms with Crippen molar-refractivity contribution < 1.29 is 4.74 Å². The molecule has 2 heterocycles. The summed E-state index contributed by atoms with van der Waals surface area (Å²) in [6, 6.07) is 6.16. The fraction of sp³-hybridized carbons (Fsp3) is 0.308. The predicted octanol–water partition coefficient (Wildman–Crippen LogP) is 2.09. The summed E-state index contributed by atoms with van der Waals surface area (Å²) in [7, 11) is 0. The van der Waals surface area contributed by atoms with Crippen LogP contribution in [-0.4, -0.2) is 16.4 Å². The first-order valence-corrected chi connectivity index (χ1v) is 6.72. The van der Waals surface area contributed by atoms with Crippen molar-refractivity contribution in [2.24, 2.45) is 5.73 Å². The van der Waals surface area contributed by atoms with Gasteiger partial charge < -0.3 is 10.5 Å². The zero-order valence-electron chi connectivity index (χ0n) is 9.90. The summed E-state index contributed by atoms with van der Waals surface area (Å²) in [6.45, 7) is 1.96. The maximum absolute atomic E-state index is 5.71. The zero-order chi connectivity index (χ0) is 12.5. The molecule has 0 aliphatic carbocycles. The monoisotopic (exact) mass is 307 g/mol. The fourth-order valence-corrected chi connectivity index (χ4v) is 2.85. The highest BCUT2D eigenvalue weighted by molar-refractivity contribution is 9.10. The van der Waals surface area contributed by atoms with Crippen LogP contribution in [0.15, 0.2) is 28.9 Å². The zero-order valence-corrected chi connectivity index (χ0v) is 11.5. The van der Waals surface area contributed by atoms with E-state index in [1.54, 1.807) is 6.20 Å². The van der Waals surface area contributed by atoms with Crippen LogP contribution in [0, 0.1) is 0 Å². The van der Waals surface area contributed by atoms with Crippen molar-refractivity contribution in [2.75, 3.05) is 6.61 Å². The Kier molecular flexibility index (Phi) is 3.09. The van der Waals surface area contributed by atoms with Crippen LogP contribution in [0.5, 0.6) is 5.75 Å². The molecule has 2 N–H and O–H groups in total. The van der Waals surface area contributed by atoms with Crippen LogP contribution in [0.25, 0.3) is 0 Å². The van der Waals surface area contributed by atoms with Crippen molar-refractivity contribution in [3.63, 3.8) is 0 Å². The number of hydrogen-bond donors (Lipinski definition) is 1. The molecule has 0 unspecified atom stereocenters. The van der Waals surface area contributed by atoms with E-state index in [0.29, 0.717) is 13.1 Å². The average Bonchev–Trinajstić information content (AvgIpc) is 2.96. The number of benzene rings is 1. The molecule has 2 aromatic rings. The summed E-state index contributed by atoms with van der Waals surface area (Å²) < 4.78 is 8.72. The Bertz CT molecular complexity index is 580. The van der Waals surface area contributed by atoms with Gasteiger partial charge in [0.2, 0.25) is 0 Å². The molecule has 18 heavy (non-hydrogen) atoms. The van der Waals surface area contributed by atoms with E-state index >= 15 is 0 Å². The lowest BCUT2D eigenvalue weighted by atomic mass is 10.1. The van der Waals surface area contributed by atoms with Gasteiger partial charge >= 0.3 is 0 Å². The van der Waals surface area contributed by atoms with Crippen molar-refractivity contribution in [3.05, 3.63) is 45.7 Å². The maximum Gasteiger partial charge on any atom is 0.127 e. The minimum absolute atomic E-state index is 0.497. The first kappa shape index (κ1) is 11.7. The highest BCUT2D eigenvalue weighted by Gasteiger charge is 2.18. The van der Waals surface area contributed by atoms with Crippen molar-refractivity contribution in [3.8, 4) is 5.75 Å². The third-order valence-corrected chi connectivity index (χ3v) is 3.62. The van der Waals surface area contributed by atoms with Crippen LogP contribution in [0.2, 0.25) is 0 Å². The normalized spacial score (nSPS) is 13.4. The first-order valence-electron chi connectivity index (χ1n) is 5.93. The van der Waals surface area contributed by atoms with Gasteiger partial charge in [-0.2, -0.15) is 5.10 Å². The molecule has 0 radical (unpaired) electrons. The number of ether oxygens (including phenoxy) is 1. The number of rotatable bonds is 3. The topological polar surface area (TPSA) is 53.1 Å². The molecule has 0 saturated heterocycles. The van der Waals surface area contributed by atoms with Crippen molar-refractivity contribution in [1.82, 2.24) is 9.78 Å². The molecule has 0 spiro atoms. The van der Waals surface area contributed by atoms with E-state index in [1.165, 1.54) is 5.56 Å². The first-order chi connectivity index (χ1) is 8.78. The summed E-state index contributed by atoms with van der Waals surface area (Å²) in [5, 5.41) is 4.30. The van der Waals surface area contributed by atoms with Crippen LogP contribution >= 0.6 is 15.9 Å². The minimum Gasteiger partial charge on any atom is -0.493 e. The summed E-state index contributed by atoms with van der Waals surface area (Å²) in [6.07, 6.45) is 2.76. The summed E-state index contributed by atoms with van der Waals surface area (Å²) in [4.78, 5) is 0. The lowest BCUT2D eigenvalue weighted by molar-refractivity contribution is 0.352. The Morgan fingerprint density at radius 2 is 2.33 bits per heavy atom. The van der Waals surface area contributed by atoms with Gasteiger partial charge in [-0.25, -0.2) is 0 Å². The Balaban J connectivity index is 1.98. The van der Waals surface area contributed by atoms with Crippen LogP contribution < -0.4 is 10.5 Å². The minimum atomic E-state index is 0.497. The van der Waals surface area contributed by atoms with Gasteiger partial charge in [-0.1, -0.05) is 15.9 Å². The van der Waals surface area contributed by atoms with E-state index in [1.807, 2.05) is 10.7 Å². The molecule has 0 saturated carbocycles. The second-order valence-electron chi connectivity index (χ2n) is 4.34. The van der Waals surface area contributed by atoms with Crippen LogP contribution in [0.4, 0.5) is 0 Å². The Morgan fingerprint density at radius 1 is 1.44 bits per heavy atom. The van der Waals surface area contributed by atoms with Gasteiger partial charge in [0.1, 0.15) is 5.75 Å². The van der Waals surface area contributed by atoms with Crippen molar-refractivity contribution in [2.45, 2.75) is 19.5 Å². The molecule has 5 heteroatoms. The molecule has 3 rings (SSSR count). The Morgan fingerprint density at radius 3 is 3.17 bits per heavy atom. The number of nitrogens with zero attached hydrogens (tertiary/aromatic N) is 2. The fourth-order valence-electron chi connectivity index (χ4n) is 2.30. The lowest BCUT2D eigenvalue weighted by Gasteiger charge is -2.11. The van der Waals surface area contributed by atoms with E-state index in [-0.39, 0.29) is 0 Å². The van der Waals surface area contributed by atoms with Crippen molar-refractivity contribution >= 4 is 15.9 Å². The van der Waals surface area contributed by atoms with E-state index < -0.39 is 0 Å². The predicted molar refractivity (Wildman–Crippen MR) is 72.6 cm³/mol. The molecular weight excluding hydrogens is 294 g/mol. The Labute approximate surface area is 114 Å². The number of fused-ring (bicyclic) bond motifs is 1. The molecule has 1 aromatic carbocycles. The van der Waals surface area contributed by atoms with Gasteiger partial charge in [0.25, 0.3) is 0 Å². The summed E-state index contributed by atoms with van der Waals surface area (Å²) in [5.74, 6) is 1.01. The number of hydrogen-bond acceptors (Lipinski definition) is 3. The van der Waals surface area contributed by atoms with E-state index in [0.717, 1.165) is 34.5 Å². The van der Waals surface area contributed by atoms with Crippen LogP contribution in [0.3, 0.4) is 0 Å². The second-order valence-corrected chi connectivity index (χ2v) is 5.25. The summed E-state index contributed by atoms with van der Waals surface area (Å²) >= 11 is 3.55. The molecule has 0 atom stereocenters. The highest BCUT2D eigenvalue weighted by Crippen LogP contribution is 2.33. The molecule has 1 aliphatic heterocycles. The molecule has 1 aliphatic rings. The standard InChI is InChI=1S/C13H14BrN3O/c14-11-5-9-2-4-18-13(9)10(6-11)8-17-12(7-15)1-3-16-17/h1,3,5-6H,2,4,7-8,15H2. The highest BCUT2D eigenvalue weighted by atomic mass is 79.9. The molecule has 94 valence electrons. The smallest absolute Gasteiger partial charge is 0.127 e. The quantitative estimate of drug-likeness (QED) is 0.944. The van der Waals surface area contributed by atoms with Gasteiger partial charge in [-0.15, -0.1) is 0 Å². The average molecular weight is 308 g/mol. The summed E-state index contributed by atoms with van der Waals surface area (Å²) in [5.41, 5.74) is 9.13. The van der Waals surface area contributed by atoms with E-state index in [9.17, 15) is 0 Å². The van der Waals surface area contributed by atoms with Gasteiger partial charge in [0.05, 0.1) is 18.8 Å². The van der Waals surface area contributed by atoms with Crippen molar-refractivity contribution in [1.29, 1.82) is 0 Å². The third kappa shape index (κ3) is 2.04. The number of nitrogens with two attached hydrogens (primary N) is 1. The van der Waals surface area contributed by atoms with Gasteiger partial charge in [-0.05, 0) is 23.8 Å². The SMILES string of the molecule is NCc1ccnn1Cc1cc(Br)cc2c1OCC2. The number of halogens is 1. The molecule has 0 amide bonds. The number of aromatic nitrogens is 2. The molecule has 0 fully saturated rings. The molecular formula is C13H14BrN3O. The maximum atomic E-state index is 5.71. The molecule has 1 aromatic heterocycles. The van der Waals surface area contributed by atoms with Gasteiger partial charge in [0.15, 0.2) is 0 Å². The third-order valence-electron chi connectivity index (χ3n) is 3.16. The second kappa shape index (κ2) is 4.74. The molecule has 4 nitrogen and oxygen atoms in total. The lowest BCUT2D eigenvalue weighted by Crippen LogP contribution is -2.10. The largest absolute Gasteiger partial charge is 0.493 e. The van der Waals surface area contributed by atoms with Gasteiger partial charge in [0, 0.05) is 29.2 Å². The van der Waals surface area contributed by atoms with Crippen LogP contribution in [0.1, 0.15) is 16.8 Å². The Hall–Kier alpha value is -1.33.